The highest BCUT2D eigenvalue weighted by Crippen LogP contribution is 2.22. The minimum absolute atomic E-state index is 0.108. The molecule has 0 fully saturated rings. The number of halogens is 1. The summed E-state index contributed by atoms with van der Waals surface area (Å²) in [5.41, 5.74) is 0.560. The van der Waals surface area contributed by atoms with Gasteiger partial charge in [0.05, 0.1) is 11.4 Å². The van der Waals surface area contributed by atoms with E-state index in [9.17, 15) is 14.7 Å². The van der Waals surface area contributed by atoms with E-state index in [1.165, 1.54) is 25.1 Å². The van der Waals surface area contributed by atoms with Crippen LogP contribution in [0, 0.1) is 0 Å². The summed E-state index contributed by atoms with van der Waals surface area (Å²) in [6, 6.07) is 4.23. The number of carbonyl (C=O) groups is 2. The lowest BCUT2D eigenvalue weighted by Gasteiger charge is -2.05. The standard InChI is InChI=1S/C10H10ClNO3/c1-6(13)12-7-2-3-9(14)8(4-7)10(15)5-11/h2-4,14H,5H2,1H3,(H,12,13). The number of hydrogen-bond acceptors (Lipinski definition) is 3. The molecule has 1 rings (SSSR count). The Morgan fingerprint density at radius 1 is 1.47 bits per heavy atom. The number of phenols is 1. The summed E-state index contributed by atoms with van der Waals surface area (Å²) in [6.07, 6.45) is 0. The fourth-order valence-corrected chi connectivity index (χ4v) is 1.26. The van der Waals surface area contributed by atoms with E-state index in [4.69, 9.17) is 11.6 Å². The van der Waals surface area contributed by atoms with Crippen LogP contribution in [0.2, 0.25) is 0 Å². The Bertz CT molecular complexity index is 404. The van der Waals surface area contributed by atoms with Crippen molar-refractivity contribution in [2.24, 2.45) is 0 Å². The monoisotopic (exact) mass is 227 g/mol. The first-order valence-electron chi connectivity index (χ1n) is 4.24. The molecule has 0 saturated heterocycles. The molecule has 0 spiro atoms. The van der Waals surface area contributed by atoms with Crippen LogP contribution in [0.5, 0.6) is 5.75 Å². The highest BCUT2D eigenvalue weighted by Gasteiger charge is 2.10. The molecule has 0 heterocycles. The Morgan fingerprint density at radius 2 is 2.13 bits per heavy atom. The van der Waals surface area contributed by atoms with Gasteiger partial charge in [0.1, 0.15) is 5.75 Å². The number of aromatic hydroxyl groups is 1. The molecule has 2 N–H and O–H groups in total. The SMILES string of the molecule is CC(=O)Nc1ccc(O)c(C(=O)CCl)c1. The van der Waals surface area contributed by atoms with Gasteiger partial charge in [-0.3, -0.25) is 9.59 Å². The van der Waals surface area contributed by atoms with Gasteiger partial charge in [-0.1, -0.05) is 0 Å². The van der Waals surface area contributed by atoms with Crippen LogP contribution in [0.4, 0.5) is 5.69 Å². The molecular weight excluding hydrogens is 218 g/mol. The molecule has 0 saturated carbocycles. The van der Waals surface area contributed by atoms with Gasteiger partial charge < -0.3 is 10.4 Å². The molecule has 0 atom stereocenters. The van der Waals surface area contributed by atoms with E-state index in [-0.39, 0.29) is 28.9 Å². The van der Waals surface area contributed by atoms with E-state index in [0.717, 1.165) is 0 Å². The number of alkyl halides is 1. The average Bonchev–Trinajstić information content (AvgIpc) is 2.19. The molecule has 1 aromatic rings. The van der Waals surface area contributed by atoms with Gasteiger partial charge in [0.25, 0.3) is 0 Å². The summed E-state index contributed by atoms with van der Waals surface area (Å²) in [5, 5.41) is 11.9. The van der Waals surface area contributed by atoms with Crippen molar-refractivity contribution >= 4 is 29.0 Å². The Labute approximate surface area is 91.9 Å². The van der Waals surface area contributed by atoms with Gasteiger partial charge in [0, 0.05) is 12.6 Å². The van der Waals surface area contributed by atoms with Crippen LogP contribution in [-0.2, 0) is 4.79 Å². The maximum atomic E-state index is 11.3. The molecule has 0 unspecified atom stereocenters. The molecule has 0 aromatic heterocycles. The number of benzene rings is 1. The Morgan fingerprint density at radius 3 is 2.67 bits per heavy atom. The van der Waals surface area contributed by atoms with Crippen LogP contribution in [0.3, 0.4) is 0 Å². The summed E-state index contributed by atoms with van der Waals surface area (Å²) in [6.45, 7) is 1.36. The van der Waals surface area contributed by atoms with Crippen LogP contribution in [-0.4, -0.2) is 22.7 Å². The van der Waals surface area contributed by atoms with Gasteiger partial charge in [-0.2, -0.15) is 0 Å². The molecule has 0 aliphatic heterocycles. The van der Waals surface area contributed by atoms with Crippen LogP contribution in [0.25, 0.3) is 0 Å². The quantitative estimate of drug-likeness (QED) is 0.470. The van der Waals surface area contributed by atoms with Crippen molar-refractivity contribution in [3.63, 3.8) is 0 Å². The number of carbonyl (C=O) groups excluding carboxylic acids is 2. The summed E-state index contributed by atoms with van der Waals surface area (Å²) >= 11 is 5.37. The molecule has 1 aromatic carbocycles. The van der Waals surface area contributed by atoms with Crippen LogP contribution in [0.1, 0.15) is 17.3 Å². The second-order valence-corrected chi connectivity index (χ2v) is 3.24. The number of phenolic OH excluding ortho intramolecular Hbond substituents is 1. The van der Waals surface area contributed by atoms with E-state index in [1.54, 1.807) is 0 Å². The van der Waals surface area contributed by atoms with Crippen molar-refractivity contribution in [1.29, 1.82) is 0 Å². The normalized spacial score (nSPS) is 9.73. The summed E-state index contributed by atoms with van der Waals surface area (Å²) in [4.78, 5) is 22.0. The molecule has 0 aliphatic rings. The van der Waals surface area contributed by atoms with Crippen molar-refractivity contribution in [2.75, 3.05) is 11.2 Å². The minimum atomic E-state index is -0.388. The summed E-state index contributed by atoms with van der Waals surface area (Å²) in [7, 11) is 0. The second-order valence-electron chi connectivity index (χ2n) is 2.97. The molecule has 0 radical (unpaired) electrons. The number of nitrogens with one attached hydrogen (secondary N) is 1. The van der Waals surface area contributed by atoms with Gasteiger partial charge >= 0.3 is 0 Å². The molecule has 5 heteroatoms. The highest BCUT2D eigenvalue weighted by atomic mass is 35.5. The summed E-state index contributed by atoms with van der Waals surface area (Å²) in [5.74, 6) is -0.988. The lowest BCUT2D eigenvalue weighted by atomic mass is 10.1. The predicted octanol–water partition coefficient (Wildman–Crippen LogP) is 1.77. The summed E-state index contributed by atoms with van der Waals surface area (Å²) < 4.78 is 0. The number of amides is 1. The van der Waals surface area contributed by atoms with Crippen LogP contribution in [0.15, 0.2) is 18.2 Å². The van der Waals surface area contributed by atoms with E-state index in [0.29, 0.717) is 5.69 Å². The lowest BCUT2D eigenvalue weighted by molar-refractivity contribution is -0.114. The molecule has 4 nitrogen and oxygen atoms in total. The Kier molecular flexibility index (Phi) is 3.68. The third-order valence-electron chi connectivity index (χ3n) is 1.74. The van der Waals surface area contributed by atoms with Gasteiger partial charge in [0.15, 0.2) is 5.78 Å². The molecular formula is C10H10ClNO3. The number of anilines is 1. The third kappa shape index (κ3) is 2.95. The van der Waals surface area contributed by atoms with Gasteiger partial charge in [-0.25, -0.2) is 0 Å². The number of Topliss-reactive ketones (excluding diaryl/α,β-unsaturated/α-hetero) is 1. The number of ketones is 1. The lowest BCUT2D eigenvalue weighted by Crippen LogP contribution is -2.07. The van der Waals surface area contributed by atoms with Crippen molar-refractivity contribution in [3.8, 4) is 5.75 Å². The smallest absolute Gasteiger partial charge is 0.221 e. The third-order valence-corrected chi connectivity index (χ3v) is 1.98. The molecule has 15 heavy (non-hydrogen) atoms. The molecule has 0 aliphatic carbocycles. The van der Waals surface area contributed by atoms with Crippen LogP contribution >= 0.6 is 11.6 Å². The van der Waals surface area contributed by atoms with Crippen molar-refractivity contribution in [3.05, 3.63) is 23.8 Å². The maximum absolute atomic E-state index is 11.3. The fourth-order valence-electron chi connectivity index (χ4n) is 1.11. The van der Waals surface area contributed by atoms with E-state index in [1.807, 2.05) is 0 Å². The Hall–Kier alpha value is -1.55. The zero-order valence-corrected chi connectivity index (χ0v) is 8.84. The van der Waals surface area contributed by atoms with E-state index in [2.05, 4.69) is 5.32 Å². The van der Waals surface area contributed by atoms with Crippen molar-refractivity contribution in [2.45, 2.75) is 6.92 Å². The van der Waals surface area contributed by atoms with Crippen LogP contribution < -0.4 is 5.32 Å². The predicted molar refractivity (Wildman–Crippen MR) is 57.5 cm³/mol. The van der Waals surface area contributed by atoms with Gasteiger partial charge in [0.2, 0.25) is 5.91 Å². The van der Waals surface area contributed by atoms with Crippen molar-refractivity contribution < 1.29 is 14.7 Å². The fraction of sp³-hybridized carbons (Fsp3) is 0.200. The Balaban J connectivity index is 3.05. The van der Waals surface area contributed by atoms with Gasteiger partial charge in [-0.05, 0) is 18.2 Å². The topological polar surface area (TPSA) is 66.4 Å². The first-order valence-corrected chi connectivity index (χ1v) is 4.78. The maximum Gasteiger partial charge on any atom is 0.221 e. The highest BCUT2D eigenvalue weighted by molar-refractivity contribution is 6.30. The molecule has 1 amide bonds. The van der Waals surface area contributed by atoms with E-state index >= 15 is 0 Å². The second kappa shape index (κ2) is 4.79. The largest absolute Gasteiger partial charge is 0.507 e. The first kappa shape index (κ1) is 11.5. The van der Waals surface area contributed by atoms with Crippen molar-refractivity contribution in [1.82, 2.24) is 0 Å². The first-order chi connectivity index (χ1) is 7.04. The number of hydrogen-bond donors (Lipinski definition) is 2. The zero-order valence-electron chi connectivity index (χ0n) is 8.08. The average molecular weight is 228 g/mol. The zero-order chi connectivity index (χ0) is 11.4. The van der Waals surface area contributed by atoms with E-state index < -0.39 is 0 Å². The molecule has 80 valence electrons. The number of rotatable bonds is 3. The molecule has 0 bridgehead atoms. The van der Waals surface area contributed by atoms with Gasteiger partial charge in [-0.15, -0.1) is 11.6 Å². The minimum Gasteiger partial charge on any atom is -0.507 e.